The van der Waals surface area contributed by atoms with E-state index >= 15 is 0 Å². The highest BCUT2D eigenvalue weighted by atomic mass is 16.2. The zero-order chi connectivity index (χ0) is 18.6. The molecule has 2 aliphatic heterocycles. The van der Waals surface area contributed by atoms with Crippen LogP contribution in [0.4, 0.5) is 0 Å². The molecule has 0 radical (unpaired) electrons. The monoisotopic (exact) mass is 352 g/mol. The molecule has 2 rings (SSSR count). The molecule has 1 atom stereocenters. The summed E-state index contributed by atoms with van der Waals surface area (Å²) >= 11 is 0. The van der Waals surface area contributed by atoms with Gasteiger partial charge in [0.2, 0.25) is 11.8 Å². The van der Waals surface area contributed by atoms with Crippen LogP contribution >= 0.6 is 0 Å². The van der Waals surface area contributed by atoms with Crippen molar-refractivity contribution >= 4 is 11.8 Å². The third-order valence-electron chi connectivity index (χ3n) is 5.76. The predicted octanol–water partition coefficient (Wildman–Crippen LogP) is 1.15. The Kier molecular flexibility index (Phi) is 6.86. The molecule has 2 amide bonds. The Balaban J connectivity index is 1.75. The molecule has 2 saturated heterocycles. The fourth-order valence-corrected chi connectivity index (χ4v) is 3.61. The minimum atomic E-state index is -0.458. The lowest BCUT2D eigenvalue weighted by Crippen LogP contribution is -2.52. The summed E-state index contributed by atoms with van der Waals surface area (Å²) in [5.74, 6) is 0.728. The second kappa shape index (κ2) is 8.49. The van der Waals surface area contributed by atoms with E-state index in [1.54, 1.807) is 0 Å². The minimum absolute atomic E-state index is 0.0490. The van der Waals surface area contributed by atoms with Crippen LogP contribution in [0.2, 0.25) is 0 Å². The van der Waals surface area contributed by atoms with Crippen molar-refractivity contribution in [2.45, 2.75) is 53.0 Å². The van der Waals surface area contributed by atoms with Gasteiger partial charge in [0.25, 0.3) is 0 Å². The van der Waals surface area contributed by atoms with E-state index in [4.69, 9.17) is 5.73 Å². The summed E-state index contributed by atoms with van der Waals surface area (Å²) in [6.07, 6.45) is 2.44. The standard InChI is InChI=1S/C19H36N4O2/c1-5-21-10-12-22(13-11-21)16(24)14-15-6-8-23(9-7-15)18(25)17(20)19(2,3)4/h15,17H,5-14,20H2,1-4H3/t17-/m1/s1. The summed E-state index contributed by atoms with van der Waals surface area (Å²) < 4.78 is 0. The summed E-state index contributed by atoms with van der Waals surface area (Å²) in [6.45, 7) is 14.4. The summed E-state index contributed by atoms with van der Waals surface area (Å²) in [7, 11) is 0. The van der Waals surface area contributed by atoms with Crippen molar-refractivity contribution in [3.8, 4) is 0 Å². The second-order valence-electron chi connectivity index (χ2n) is 8.63. The normalized spacial score (nSPS) is 22.1. The number of rotatable bonds is 4. The molecule has 2 N–H and O–H groups in total. The molecule has 6 heteroatoms. The topological polar surface area (TPSA) is 69.9 Å². The van der Waals surface area contributed by atoms with Gasteiger partial charge in [-0.15, -0.1) is 0 Å². The lowest BCUT2D eigenvalue weighted by molar-refractivity contribution is -0.137. The van der Waals surface area contributed by atoms with Crippen molar-refractivity contribution in [2.24, 2.45) is 17.1 Å². The Morgan fingerprint density at radius 1 is 1.00 bits per heavy atom. The first kappa shape index (κ1) is 20.2. The van der Waals surface area contributed by atoms with E-state index in [2.05, 4.69) is 11.8 Å². The smallest absolute Gasteiger partial charge is 0.240 e. The molecule has 6 nitrogen and oxygen atoms in total. The molecule has 0 aromatic rings. The molecular weight excluding hydrogens is 316 g/mol. The van der Waals surface area contributed by atoms with Crippen LogP contribution in [0, 0.1) is 11.3 Å². The van der Waals surface area contributed by atoms with Crippen molar-refractivity contribution in [3.63, 3.8) is 0 Å². The number of nitrogens with two attached hydrogens (primary N) is 1. The second-order valence-corrected chi connectivity index (χ2v) is 8.63. The van der Waals surface area contributed by atoms with Crippen LogP contribution < -0.4 is 5.73 Å². The summed E-state index contributed by atoms with van der Waals surface area (Å²) in [6, 6.07) is -0.458. The molecule has 0 aromatic carbocycles. The van der Waals surface area contributed by atoms with Gasteiger partial charge < -0.3 is 20.4 Å². The summed E-state index contributed by atoms with van der Waals surface area (Å²) in [5.41, 5.74) is 5.89. The van der Waals surface area contributed by atoms with E-state index in [1.807, 2.05) is 30.6 Å². The lowest BCUT2D eigenvalue weighted by atomic mass is 9.85. The van der Waals surface area contributed by atoms with Gasteiger partial charge >= 0.3 is 0 Å². The average Bonchev–Trinajstić information content (AvgIpc) is 2.60. The maximum absolute atomic E-state index is 12.5. The minimum Gasteiger partial charge on any atom is -0.341 e. The zero-order valence-corrected chi connectivity index (χ0v) is 16.5. The van der Waals surface area contributed by atoms with Crippen molar-refractivity contribution in [1.82, 2.24) is 14.7 Å². The number of likely N-dealkylation sites (N-methyl/N-ethyl adjacent to an activating group) is 1. The molecule has 2 aliphatic rings. The van der Waals surface area contributed by atoms with Gasteiger partial charge in [0.15, 0.2) is 0 Å². The first-order valence-corrected chi connectivity index (χ1v) is 9.77. The van der Waals surface area contributed by atoms with E-state index in [-0.39, 0.29) is 17.2 Å². The first-order chi connectivity index (χ1) is 11.7. The first-order valence-electron chi connectivity index (χ1n) is 9.77. The third kappa shape index (κ3) is 5.42. The van der Waals surface area contributed by atoms with Crippen LogP contribution in [0.25, 0.3) is 0 Å². The SMILES string of the molecule is CCN1CCN(C(=O)CC2CCN(C(=O)[C@@H](N)C(C)(C)C)CC2)CC1. The van der Waals surface area contributed by atoms with Gasteiger partial charge in [0.05, 0.1) is 6.04 Å². The van der Waals surface area contributed by atoms with Crippen LogP contribution in [0.5, 0.6) is 0 Å². The molecule has 0 bridgehead atoms. The Hall–Kier alpha value is -1.14. The van der Waals surface area contributed by atoms with Crippen LogP contribution in [-0.4, -0.2) is 78.4 Å². The van der Waals surface area contributed by atoms with E-state index < -0.39 is 6.04 Å². The molecule has 0 saturated carbocycles. The predicted molar refractivity (Wildman–Crippen MR) is 100 cm³/mol. The van der Waals surface area contributed by atoms with Crippen molar-refractivity contribution in [2.75, 3.05) is 45.8 Å². The van der Waals surface area contributed by atoms with Crippen molar-refractivity contribution < 1.29 is 9.59 Å². The lowest BCUT2D eigenvalue weighted by Gasteiger charge is -2.38. The van der Waals surface area contributed by atoms with Gasteiger partial charge in [-0.1, -0.05) is 27.7 Å². The van der Waals surface area contributed by atoms with E-state index in [1.165, 1.54) is 0 Å². The highest BCUT2D eigenvalue weighted by Gasteiger charge is 2.33. The van der Waals surface area contributed by atoms with Gasteiger partial charge in [-0.05, 0) is 30.7 Å². The summed E-state index contributed by atoms with van der Waals surface area (Å²) in [4.78, 5) is 31.3. The third-order valence-corrected chi connectivity index (χ3v) is 5.76. The number of piperidine rings is 1. The number of nitrogens with zero attached hydrogens (tertiary/aromatic N) is 3. The molecule has 2 fully saturated rings. The summed E-state index contributed by atoms with van der Waals surface area (Å²) in [5, 5.41) is 0. The molecule has 0 aliphatic carbocycles. The van der Waals surface area contributed by atoms with Gasteiger partial charge in [-0.3, -0.25) is 9.59 Å². The molecule has 144 valence electrons. The molecule has 0 aromatic heterocycles. The van der Waals surface area contributed by atoms with Crippen LogP contribution in [0.15, 0.2) is 0 Å². The number of amides is 2. The van der Waals surface area contributed by atoms with Gasteiger partial charge in [0, 0.05) is 45.7 Å². The number of piperazine rings is 1. The molecular formula is C19H36N4O2. The quantitative estimate of drug-likeness (QED) is 0.824. The van der Waals surface area contributed by atoms with Crippen LogP contribution in [-0.2, 0) is 9.59 Å². The largest absolute Gasteiger partial charge is 0.341 e. The van der Waals surface area contributed by atoms with Gasteiger partial charge in [-0.25, -0.2) is 0 Å². The number of hydrogen-bond acceptors (Lipinski definition) is 4. The Labute approximate surface area is 152 Å². The van der Waals surface area contributed by atoms with Crippen molar-refractivity contribution in [1.29, 1.82) is 0 Å². The Morgan fingerprint density at radius 2 is 1.56 bits per heavy atom. The van der Waals surface area contributed by atoms with E-state index in [0.717, 1.165) is 58.7 Å². The Bertz CT molecular complexity index is 459. The maximum atomic E-state index is 12.5. The van der Waals surface area contributed by atoms with E-state index in [9.17, 15) is 9.59 Å². The zero-order valence-electron chi connectivity index (χ0n) is 16.5. The molecule has 25 heavy (non-hydrogen) atoms. The molecule has 0 unspecified atom stereocenters. The van der Waals surface area contributed by atoms with Crippen LogP contribution in [0.3, 0.4) is 0 Å². The highest BCUT2D eigenvalue weighted by Crippen LogP contribution is 2.25. The number of carbonyl (C=O) groups is 2. The van der Waals surface area contributed by atoms with Crippen LogP contribution in [0.1, 0.15) is 47.0 Å². The van der Waals surface area contributed by atoms with E-state index in [0.29, 0.717) is 12.3 Å². The van der Waals surface area contributed by atoms with Gasteiger partial charge in [-0.2, -0.15) is 0 Å². The fraction of sp³-hybridized carbons (Fsp3) is 0.895. The molecule has 2 heterocycles. The van der Waals surface area contributed by atoms with Gasteiger partial charge in [0.1, 0.15) is 0 Å². The maximum Gasteiger partial charge on any atom is 0.240 e. The highest BCUT2D eigenvalue weighted by molar-refractivity contribution is 5.82. The average molecular weight is 353 g/mol. The fourth-order valence-electron chi connectivity index (χ4n) is 3.61. The number of likely N-dealkylation sites (tertiary alicyclic amines) is 1. The molecule has 0 spiro atoms. The van der Waals surface area contributed by atoms with Crippen molar-refractivity contribution in [3.05, 3.63) is 0 Å². The Morgan fingerprint density at radius 3 is 2.04 bits per heavy atom. The number of hydrogen-bond donors (Lipinski definition) is 1. The number of carbonyl (C=O) groups excluding carboxylic acids is 2.